The highest BCUT2D eigenvalue weighted by molar-refractivity contribution is 7.10. The molecule has 7 rings (SSSR count). The lowest BCUT2D eigenvalue weighted by atomic mass is 9.84. The van der Waals surface area contributed by atoms with Gasteiger partial charge in [-0.2, -0.15) is 0 Å². The van der Waals surface area contributed by atoms with E-state index in [4.69, 9.17) is 24.2 Å². The van der Waals surface area contributed by atoms with Gasteiger partial charge in [0.25, 0.3) is 5.91 Å². The number of methoxy groups -OCH3 is 1. The number of aliphatic hydroxyl groups excluding tert-OH is 1. The fourth-order valence-corrected chi connectivity index (χ4v) is 9.70. The van der Waals surface area contributed by atoms with Crippen LogP contribution in [-0.2, 0) is 43.2 Å². The summed E-state index contributed by atoms with van der Waals surface area (Å²) in [6.07, 6.45) is 2.47. The van der Waals surface area contributed by atoms with Gasteiger partial charge in [-0.1, -0.05) is 19.9 Å². The predicted molar refractivity (Wildman–Crippen MR) is 243 cm³/mol. The van der Waals surface area contributed by atoms with Crippen LogP contribution in [0.25, 0.3) is 33.4 Å². The number of nitrogens with one attached hydrogen (secondary N) is 2. The fourth-order valence-electron chi connectivity index (χ4n) is 8.85. The highest BCUT2D eigenvalue weighted by atomic mass is 32.1. The van der Waals surface area contributed by atoms with E-state index < -0.39 is 41.1 Å². The molecule has 4 atom stereocenters. The number of nitrogens with zero attached hydrogens (tertiary/aromatic N) is 6. The van der Waals surface area contributed by atoms with Gasteiger partial charge in [-0.25, -0.2) is 15.2 Å². The number of aryl methyl sites for hydroxylation is 1. The number of anilines is 1. The summed E-state index contributed by atoms with van der Waals surface area (Å²) in [6.45, 7) is 19.7. The number of alkyl carbamates (subject to hydrolysis) is 1. The van der Waals surface area contributed by atoms with Crippen molar-refractivity contribution in [3.8, 4) is 22.5 Å². The van der Waals surface area contributed by atoms with Crippen molar-refractivity contribution in [3.63, 3.8) is 0 Å². The molecule has 3 unspecified atom stereocenters. The van der Waals surface area contributed by atoms with Crippen LogP contribution in [0.2, 0.25) is 0 Å². The van der Waals surface area contributed by atoms with Gasteiger partial charge in [0.2, 0.25) is 0 Å². The molecule has 4 aromatic rings. The molecule has 17 heteroatoms. The number of morpholine rings is 1. The number of rotatable bonds is 14. The molecular formula is C46H64N8O8S. The summed E-state index contributed by atoms with van der Waals surface area (Å²) in [6, 6.07) is 6.97. The molecule has 0 spiro atoms. The van der Waals surface area contributed by atoms with Crippen molar-refractivity contribution in [2.75, 3.05) is 64.6 Å². The average Bonchev–Trinajstić information content (AvgIpc) is 3.86. The Morgan fingerprint density at radius 2 is 1.90 bits per heavy atom. The Morgan fingerprint density at radius 3 is 2.62 bits per heavy atom. The highest BCUT2D eigenvalue weighted by Gasteiger charge is 2.35. The smallest absolute Gasteiger partial charge is 0.408 e. The Kier molecular flexibility index (Phi) is 14.1. The first-order valence-electron chi connectivity index (χ1n) is 22.1. The molecule has 63 heavy (non-hydrogen) atoms. The van der Waals surface area contributed by atoms with Gasteiger partial charge in [-0.3, -0.25) is 24.5 Å². The number of carbonyl (C=O) groups excluding carboxylic acids is 2. The van der Waals surface area contributed by atoms with E-state index in [2.05, 4.69) is 70.1 Å². The molecule has 2 amide bonds. The molecule has 0 radical (unpaired) electrons. The normalized spacial score (nSPS) is 19.8. The van der Waals surface area contributed by atoms with Crippen molar-refractivity contribution >= 4 is 45.9 Å². The van der Waals surface area contributed by atoms with Gasteiger partial charge in [0.15, 0.2) is 0 Å². The summed E-state index contributed by atoms with van der Waals surface area (Å²) in [7, 11) is 1.71. The summed E-state index contributed by atoms with van der Waals surface area (Å²) in [5.74, 6) is -1.52. The second-order valence-electron chi connectivity index (χ2n) is 18.7. The number of thiazole rings is 1. The first-order valence-corrected chi connectivity index (χ1v) is 23.0. The first kappa shape index (κ1) is 46.3. The third kappa shape index (κ3) is 10.5. The van der Waals surface area contributed by atoms with E-state index in [1.54, 1.807) is 27.9 Å². The van der Waals surface area contributed by atoms with E-state index in [9.17, 15) is 24.6 Å². The molecule has 0 bridgehead atoms. The Bertz CT molecular complexity index is 2290. The Morgan fingerprint density at radius 1 is 1.11 bits per heavy atom. The topological polar surface area (TPSA) is 184 Å². The van der Waals surface area contributed by atoms with Crippen molar-refractivity contribution in [1.29, 1.82) is 0 Å². The fraction of sp³-hybridized carbons (Fsp3) is 0.587. The van der Waals surface area contributed by atoms with Gasteiger partial charge in [0, 0.05) is 86.8 Å². The molecule has 0 aliphatic carbocycles. The third-order valence-corrected chi connectivity index (χ3v) is 13.1. The van der Waals surface area contributed by atoms with Crippen molar-refractivity contribution < 1.29 is 38.8 Å². The quantitative estimate of drug-likeness (QED) is 0.122. The maximum Gasteiger partial charge on any atom is 0.408 e. The SMILES string of the molecule is CCn1c(-c2cc(N3CCN4CCOCC4C3)cnc2[C@H](C)OC)c(CC(C)(C)CO)c2cc(-c3csc(CC(NC(=O)OC(C)(C)C)C(=O)N4CCCC(C(=O)O)N4)n3)ccc21. The molecule has 0 saturated carbocycles. The number of benzene rings is 1. The first-order chi connectivity index (χ1) is 30.0. The number of amides is 2. The molecule has 6 heterocycles. The number of aliphatic carboxylic acids is 1. The summed E-state index contributed by atoms with van der Waals surface area (Å²) in [5, 5.41) is 27.9. The lowest BCUT2D eigenvalue weighted by molar-refractivity contribution is -0.147. The van der Waals surface area contributed by atoms with Crippen LogP contribution in [0.4, 0.5) is 10.5 Å². The minimum absolute atomic E-state index is 0.00510. The van der Waals surface area contributed by atoms with Gasteiger partial charge in [-0.05, 0) is 83.1 Å². The molecule has 3 saturated heterocycles. The second kappa shape index (κ2) is 19.2. The van der Waals surface area contributed by atoms with Crippen LogP contribution in [0.1, 0.15) is 83.7 Å². The van der Waals surface area contributed by atoms with E-state index in [-0.39, 0.29) is 19.1 Å². The molecule has 3 aliphatic rings. The highest BCUT2D eigenvalue weighted by Crippen LogP contribution is 2.43. The summed E-state index contributed by atoms with van der Waals surface area (Å²) < 4.78 is 19.7. The number of aromatic nitrogens is 3. The van der Waals surface area contributed by atoms with Gasteiger partial charge >= 0.3 is 12.1 Å². The number of hydrogen-bond donors (Lipinski definition) is 4. The molecule has 3 aliphatic heterocycles. The molecule has 1 aromatic carbocycles. The van der Waals surface area contributed by atoms with E-state index in [1.165, 1.54) is 16.3 Å². The Hall–Kier alpha value is -4.65. The number of fused-ring (bicyclic) bond motifs is 2. The largest absolute Gasteiger partial charge is 0.480 e. The van der Waals surface area contributed by atoms with Crippen LogP contribution in [0.5, 0.6) is 0 Å². The van der Waals surface area contributed by atoms with Crippen LogP contribution < -0.4 is 15.6 Å². The Balaban J connectivity index is 1.27. The van der Waals surface area contributed by atoms with Gasteiger partial charge in [0.05, 0.1) is 59.3 Å². The number of aliphatic hydroxyl groups is 1. The van der Waals surface area contributed by atoms with E-state index in [0.717, 1.165) is 84.1 Å². The number of carboxylic acid groups (broad SMARTS) is 1. The monoisotopic (exact) mass is 888 g/mol. The number of carbonyl (C=O) groups is 3. The molecular weight excluding hydrogens is 825 g/mol. The van der Waals surface area contributed by atoms with Crippen LogP contribution >= 0.6 is 11.3 Å². The average molecular weight is 889 g/mol. The molecule has 342 valence electrons. The number of ether oxygens (including phenoxy) is 3. The maximum absolute atomic E-state index is 13.9. The standard InChI is InChI=1S/C46H64N8O8S/c1-9-53-38-13-12-29(37-26-63-39(48-37)21-36(49-44(59)62-45(3,4)5)42(56)54-14-10-11-35(50-54)43(57)58)19-32(38)34(22-46(6,7)27-55)41(53)33-20-30(23-47-40(33)28(2)60-8)52-16-15-51-17-18-61-25-31(51)24-52/h12-13,19-20,23,26,28,31,35-36,50,55H,9-11,14-18,21-22,24-25,27H2,1-8H3,(H,49,59)(H,57,58)/t28-,31?,35?,36?/m0/s1. The van der Waals surface area contributed by atoms with Crippen molar-refractivity contribution in [1.82, 2.24) is 35.2 Å². The molecule has 3 aromatic heterocycles. The number of pyridine rings is 1. The zero-order chi connectivity index (χ0) is 45.2. The van der Waals surface area contributed by atoms with Crippen LogP contribution in [0.3, 0.4) is 0 Å². The summed E-state index contributed by atoms with van der Waals surface area (Å²) in [4.78, 5) is 53.8. The molecule has 4 N–H and O–H groups in total. The number of hydrazine groups is 1. The van der Waals surface area contributed by atoms with Crippen molar-refractivity contribution in [2.24, 2.45) is 5.41 Å². The van der Waals surface area contributed by atoms with Gasteiger partial charge in [-0.15, -0.1) is 11.3 Å². The van der Waals surface area contributed by atoms with Gasteiger partial charge < -0.3 is 39.2 Å². The minimum Gasteiger partial charge on any atom is -0.480 e. The number of hydrogen-bond acceptors (Lipinski definition) is 13. The van der Waals surface area contributed by atoms with Crippen molar-refractivity contribution in [2.45, 2.75) is 111 Å². The van der Waals surface area contributed by atoms with E-state index in [0.29, 0.717) is 49.1 Å². The summed E-state index contributed by atoms with van der Waals surface area (Å²) in [5.41, 5.74) is 9.24. The number of piperazine rings is 1. The minimum atomic E-state index is -1.07. The van der Waals surface area contributed by atoms with Gasteiger partial charge in [0.1, 0.15) is 17.7 Å². The number of carboxylic acids is 1. The van der Waals surface area contributed by atoms with E-state index in [1.807, 2.05) is 18.5 Å². The zero-order valence-electron chi connectivity index (χ0n) is 37.9. The Labute approximate surface area is 373 Å². The third-order valence-electron chi connectivity index (χ3n) is 12.2. The second-order valence-corrected chi connectivity index (χ2v) is 19.6. The zero-order valence-corrected chi connectivity index (χ0v) is 38.7. The van der Waals surface area contributed by atoms with Crippen LogP contribution in [-0.4, -0.2) is 136 Å². The van der Waals surface area contributed by atoms with E-state index >= 15 is 0 Å². The van der Waals surface area contributed by atoms with Crippen molar-refractivity contribution in [3.05, 3.63) is 52.1 Å². The lowest BCUT2D eigenvalue weighted by Crippen LogP contribution is -2.60. The van der Waals surface area contributed by atoms with Crippen LogP contribution in [0, 0.1) is 5.41 Å². The predicted octanol–water partition coefficient (Wildman–Crippen LogP) is 5.65. The molecule has 16 nitrogen and oxygen atoms in total. The van der Waals surface area contributed by atoms with Crippen LogP contribution in [0.15, 0.2) is 35.8 Å². The molecule has 3 fully saturated rings. The maximum atomic E-state index is 13.9. The lowest BCUT2D eigenvalue weighted by Gasteiger charge is -2.44. The summed E-state index contributed by atoms with van der Waals surface area (Å²) >= 11 is 1.38.